The maximum Gasteiger partial charge on any atom is 0.410 e. The molecule has 0 unspecified atom stereocenters. The van der Waals surface area contributed by atoms with Crippen molar-refractivity contribution in [1.29, 1.82) is 0 Å². The number of likely N-dealkylation sites (tertiary alicyclic amines) is 1. The van der Waals surface area contributed by atoms with Crippen LogP contribution in [0, 0.1) is 0 Å². The van der Waals surface area contributed by atoms with Crippen molar-refractivity contribution in [3.8, 4) is 0 Å². The molecule has 1 saturated heterocycles. The minimum Gasteiger partial charge on any atom is -0.444 e. The number of carbonyl (C=O) groups is 2. The molecular formula is C25H29ClN4O5S. The quantitative estimate of drug-likeness (QED) is 0.514. The number of nitrogens with zero attached hydrogens (tertiary/aromatic N) is 3. The standard InChI is InChI=1S/C25H29ClN4O5S/c1-25(2,3)35-24(32)29-15-7-10-21(29)23(31)28-13-11-17-16-19-20(26)12-14-27-22(19)30(17)36(33,34)18-8-5-4-6-9-18/h4-6,8-9,12,14,16,21H,7,10-11,13,15H2,1-3H3,(H,28,31)/t21-/m0/s1. The van der Waals surface area contributed by atoms with E-state index in [2.05, 4.69) is 10.3 Å². The number of rotatable bonds is 6. The van der Waals surface area contributed by atoms with Crippen molar-refractivity contribution in [2.75, 3.05) is 13.1 Å². The first-order valence-corrected chi connectivity index (χ1v) is 13.5. The second-order valence-electron chi connectivity index (χ2n) is 9.62. The lowest BCUT2D eigenvalue weighted by molar-refractivity contribution is -0.125. The number of hydrogen-bond acceptors (Lipinski definition) is 6. The van der Waals surface area contributed by atoms with Gasteiger partial charge in [-0.2, -0.15) is 0 Å². The zero-order chi connectivity index (χ0) is 26.1. The summed E-state index contributed by atoms with van der Waals surface area (Å²) in [5, 5.41) is 3.74. The van der Waals surface area contributed by atoms with Crippen LogP contribution < -0.4 is 5.32 Å². The summed E-state index contributed by atoms with van der Waals surface area (Å²) in [4.78, 5) is 31.3. The van der Waals surface area contributed by atoms with Crippen molar-refractivity contribution < 1.29 is 22.7 Å². The highest BCUT2D eigenvalue weighted by atomic mass is 35.5. The Morgan fingerprint density at radius 2 is 1.92 bits per heavy atom. The molecule has 36 heavy (non-hydrogen) atoms. The van der Waals surface area contributed by atoms with Gasteiger partial charge in [-0.25, -0.2) is 22.2 Å². The predicted molar refractivity (Wildman–Crippen MR) is 136 cm³/mol. The molecule has 192 valence electrons. The Labute approximate surface area is 215 Å². The average molecular weight is 533 g/mol. The molecule has 1 N–H and O–H groups in total. The molecule has 9 nitrogen and oxygen atoms in total. The molecule has 1 aliphatic heterocycles. The maximum atomic E-state index is 13.5. The number of nitrogens with one attached hydrogen (secondary N) is 1. The first kappa shape index (κ1) is 26.0. The molecule has 0 radical (unpaired) electrons. The molecule has 0 bridgehead atoms. The van der Waals surface area contributed by atoms with Gasteiger partial charge in [-0.05, 0) is 57.9 Å². The number of amides is 2. The number of pyridine rings is 1. The van der Waals surface area contributed by atoms with Crippen LogP contribution in [0.2, 0.25) is 5.02 Å². The third-order valence-electron chi connectivity index (χ3n) is 5.83. The molecule has 1 fully saturated rings. The monoisotopic (exact) mass is 532 g/mol. The van der Waals surface area contributed by atoms with E-state index < -0.39 is 27.8 Å². The van der Waals surface area contributed by atoms with Crippen LogP contribution in [0.4, 0.5) is 4.79 Å². The summed E-state index contributed by atoms with van der Waals surface area (Å²) in [6.45, 7) is 5.94. The van der Waals surface area contributed by atoms with Crippen molar-refractivity contribution in [3.63, 3.8) is 0 Å². The largest absolute Gasteiger partial charge is 0.444 e. The minimum absolute atomic E-state index is 0.119. The van der Waals surface area contributed by atoms with E-state index in [-0.39, 0.29) is 29.4 Å². The van der Waals surface area contributed by atoms with Crippen molar-refractivity contribution in [2.45, 2.75) is 56.6 Å². The molecule has 11 heteroatoms. The second kappa shape index (κ2) is 10.1. The van der Waals surface area contributed by atoms with Gasteiger partial charge in [-0.3, -0.25) is 9.69 Å². The normalized spacial score (nSPS) is 16.3. The van der Waals surface area contributed by atoms with Crippen molar-refractivity contribution in [2.24, 2.45) is 0 Å². The molecule has 1 atom stereocenters. The first-order chi connectivity index (χ1) is 17.0. The smallest absolute Gasteiger partial charge is 0.410 e. The van der Waals surface area contributed by atoms with E-state index in [1.165, 1.54) is 27.2 Å². The van der Waals surface area contributed by atoms with E-state index >= 15 is 0 Å². The summed E-state index contributed by atoms with van der Waals surface area (Å²) >= 11 is 6.33. The van der Waals surface area contributed by atoms with Crippen molar-refractivity contribution in [1.82, 2.24) is 19.2 Å². The number of ether oxygens (including phenoxy) is 1. The summed E-state index contributed by atoms with van der Waals surface area (Å²) in [5.41, 5.74) is -0.00189. The van der Waals surface area contributed by atoms with Gasteiger partial charge in [-0.15, -0.1) is 0 Å². The van der Waals surface area contributed by atoms with Gasteiger partial charge in [0.2, 0.25) is 5.91 Å². The molecule has 3 heterocycles. The van der Waals surface area contributed by atoms with Gasteiger partial charge < -0.3 is 10.1 Å². The van der Waals surface area contributed by atoms with E-state index in [1.807, 2.05) is 0 Å². The van der Waals surface area contributed by atoms with Gasteiger partial charge >= 0.3 is 6.09 Å². The maximum absolute atomic E-state index is 13.5. The van der Waals surface area contributed by atoms with Gasteiger partial charge in [0, 0.05) is 36.8 Å². The molecule has 0 aliphatic carbocycles. The molecule has 1 aromatic carbocycles. The molecule has 0 spiro atoms. The predicted octanol–water partition coefficient (Wildman–Crippen LogP) is 3.98. The van der Waals surface area contributed by atoms with Crippen LogP contribution >= 0.6 is 11.6 Å². The number of carbonyl (C=O) groups excluding carboxylic acids is 2. The van der Waals surface area contributed by atoms with Crippen LogP contribution in [0.5, 0.6) is 0 Å². The molecule has 4 rings (SSSR count). The summed E-state index contributed by atoms with van der Waals surface area (Å²) < 4.78 is 33.6. The van der Waals surface area contributed by atoms with Crippen molar-refractivity contribution >= 4 is 44.7 Å². The average Bonchev–Trinajstić information content (AvgIpc) is 3.45. The van der Waals surface area contributed by atoms with Gasteiger partial charge in [0.05, 0.1) is 9.92 Å². The van der Waals surface area contributed by atoms with E-state index in [0.29, 0.717) is 35.5 Å². The van der Waals surface area contributed by atoms with Crippen LogP contribution in [0.1, 0.15) is 39.3 Å². The zero-order valence-electron chi connectivity index (χ0n) is 20.4. The van der Waals surface area contributed by atoms with Gasteiger partial charge in [-0.1, -0.05) is 29.8 Å². The molecule has 3 aromatic rings. The lowest BCUT2D eigenvalue weighted by Crippen LogP contribution is -2.47. The van der Waals surface area contributed by atoms with E-state index in [0.717, 1.165) is 0 Å². The van der Waals surface area contributed by atoms with Crippen LogP contribution in [0.25, 0.3) is 11.0 Å². The lowest BCUT2D eigenvalue weighted by atomic mass is 10.2. The Morgan fingerprint density at radius 1 is 1.19 bits per heavy atom. The highest BCUT2D eigenvalue weighted by molar-refractivity contribution is 7.90. The summed E-state index contributed by atoms with van der Waals surface area (Å²) in [7, 11) is -3.96. The fourth-order valence-corrected chi connectivity index (χ4v) is 5.98. The molecule has 2 amide bonds. The Hall–Kier alpha value is -3.11. The van der Waals surface area contributed by atoms with Crippen LogP contribution in [0.15, 0.2) is 53.6 Å². The zero-order valence-corrected chi connectivity index (χ0v) is 22.0. The molecule has 1 aliphatic rings. The Kier molecular flexibility index (Phi) is 7.28. The number of aromatic nitrogens is 2. The SMILES string of the molecule is CC(C)(C)OC(=O)N1CCC[C@H]1C(=O)NCCc1cc2c(Cl)ccnc2n1S(=O)(=O)c1ccccc1. The molecule has 2 aromatic heterocycles. The van der Waals surface area contributed by atoms with E-state index in [4.69, 9.17) is 16.3 Å². The van der Waals surface area contributed by atoms with Crippen LogP contribution in [-0.4, -0.2) is 59.0 Å². The third-order valence-corrected chi connectivity index (χ3v) is 7.91. The summed E-state index contributed by atoms with van der Waals surface area (Å²) in [6, 6.07) is 10.7. The lowest BCUT2D eigenvalue weighted by Gasteiger charge is -2.28. The van der Waals surface area contributed by atoms with E-state index in [1.54, 1.807) is 51.1 Å². The third kappa shape index (κ3) is 5.34. The van der Waals surface area contributed by atoms with Crippen LogP contribution in [-0.2, 0) is 26.0 Å². The van der Waals surface area contributed by atoms with Crippen LogP contribution in [0.3, 0.4) is 0 Å². The fraction of sp³-hybridized carbons (Fsp3) is 0.400. The number of benzene rings is 1. The van der Waals surface area contributed by atoms with Gasteiger partial charge in [0.1, 0.15) is 11.6 Å². The topological polar surface area (TPSA) is 111 Å². The number of halogens is 1. The summed E-state index contributed by atoms with van der Waals surface area (Å²) in [5.74, 6) is -0.303. The highest BCUT2D eigenvalue weighted by Crippen LogP contribution is 2.29. The first-order valence-electron chi connectivity index (χ1n) is 11.7. The van der Waals surface area contributed by atoms with E-state index in [9.17, 15) is 18.0 Å². The Bertz CT molecular complexity index is 1380. The van der Waals surface area contributed by atoms with Crippen molar-refractivity contribution in [3.05, 3.63) is 59.4 Å². The molecule has 0 saturated carbocycles. The van der Waals surface area contributed by atoms with Gasteiger partial charge in [0.15, 0.2) is 5.65 Å². The molecular weight excluding hydrogens is 504 g/mol. The van der Waals surface area contributed by atoms with Gasteiger partial charge in [0.25, 0.3) is 10.0 Å². The second-order valence-corrected chi connectivity index (χ2v) is 11.8. The highest BCUT2D eigenvalue weighted by Gasteiger charge is 2.36. The fourth-order valence-electron chi connectivity index (χ4n) is 4.25. The number of fused-ring (bicyclic) bond motifs is 1. The Balaban J connectivity index is 1.54. The minimum atomic E-state index is -3.96. The Morgan fingerprint density at radius 3 is 2.61 bits per heavy atom. The summed E-state index contributed by atoms with van der Waals surface area (Å²) in [6.07, 6.45) is 2.38. The number of hydrogen-bond donors (Lipinski definition) is 1.